The molecule has 28 heavy (non-hydrogen) atoms. The summed E-state index contributed by atoms with van der Waals surface area (Å²) >= 11 is 0. The van der Waals surface area contributed by atoms with E-state index < -0.39 is 0 Å². The lowest BCUT2D eigenvalue weighted by Crippen LogP contribution is -2.36. The molecular formula is C24H28N2O2. The Hall–Kier alpha value is -2.62. The Bertz CT molecular complexity index is 870. The van der Waals surface area contributed by atoms with Crippen molar-refractivity contribution >= 4 is 11.8 Å². The third kappa shape index (κ3) is 3.96. The molecule has 2 atom stereocenters. The summed E-state index contributed by atoms with van der Waals surface area (Å²) in [5.41, 5.74) is 4.17. The van der Waals surface area contributed by atoms with Crippen molar-refractivity contribution < 1.29 is 9.59 Å². The molecule has 1 N–H and O–H groups in total. The highest BCUT2D eigenvalue weighted by molar-refractivity contribution is 5.95. The van der Waals surface area contributed by atoms with Crippen LogP contribution in [0.2, 0.25) is 0 Å². The van der Waals surface area contributed by atoms with Crippen LogP contribution in [0.5, 0.6) is 0 Å². The highest BCUT2D eigenvalue weighted by atomic mass is 16.2. The normalized spacial score (nSPS) is 21.6. The predicted molar refractivity (Wildman–Crippen MR) is 110 cm³/mol. The number of nitrogens with zero attached hydrogens (tertiary/aromatic N) is 1. The lowest BCUT2D eigenvalue weighted by Gasteiger charge is -2.20. The van der Waals surface area contributed by atoms with Crippen LogP contribution in [0.4, 0.5) is 0 Å². The van der Waals surface area contributed by atoms with Crippen LogP contribution in [0, 0.1) is 25.7 Å². The summed E-state index contributed by atoms with van der Waals surface area (Å²) in [6.45, 7) is 5.92. The number of amides is 2. The molecule has 0 radical (unpaired) electrons. The van der Waals surface area contributed by atoms with Crippen LogP contribution in [-0.4, -0.2) is 36.3 Å². The smallest absolute Gasteiger partial charge is 0.253 e. The maximum absolute atomic E-state index is 13.1. The summed E-state index contributed by atoms with van der Waals surface area (Å²) < 4.78 is 0. The zero-order chi connectivity index (χ0) is 19.7. The number of aryl methyl sites for hydroxylation is 2. The Labute approximate surface area is 166 Å². The van der Waals surface area contributed by atoms with Crippen molar-refractivity contribution in [1.82, 2.24) is 10.2 Å². The van der Waals surface area contributed by atoms with Crippen molar-refractivity contribution in [3.8, 4) is 0 Å². The van der Waals surface area contributed by atoms with E-state index in [0.29, 0.717) is 24.6 Å². The van der Waals surface area contributed by atoms with E-state index in [2.05, 4.69) is 24.4 Å². The first-order chi connectivity index (χ1) is 13.5. The molecule has 1 saturated carbocycles. The molecule has 2 fully saturated rings. The van der Waals surface area contributed by atoms with Crippen molar-refractivity contribution in [2.24, 2.45) is 11.8 Å². The van der Waals surface area contributed by atoms with Crippen LogP contribution < -0.4 is 5.32 Å². The summed E-state index contributed by atoms with van der Waals surface area (Å²) in [5.74, 6) is 0.576. The van der Waals surface area contributed by atoms with E-state index in [9.17, 15) is 9.59 Å². The molecule has 4 rings (SSSR count). The van der Waals surface area contributed by atoms with Crippen LogP contribution in [0.15, 0.2) is 48.5 Å². The van der Waals surface area contributed by atoms with E-state index in [0.717, 1.165) is 12.1 Å². The van der Waals surface area contributed by atoms with Gasteiger partial charge in [-0.3, -0.25) is 9.59 Å². The first-order valence-electron chi connectivity index (χ1n) is 10.2. The van der Waals surface area contributed by atoms with Gasteiger partial charge in [0, 0.05) is 31.1 Å². The van der Waals surface area contributed by atoms with Gasteiger partial charge in [0.2, 0.25) is 5.91 Å². The molecule has 2 aromatic carbocycles. The number of benzene rings is 2. The molecule has 2 aromatic rings. The molecule has 0 bridgehead atoms. The molecule has 4 nitrogen and oxygen atoms in total. The van der Waals surface area contributed by atoms with E-state index in [1.807, 2.05) is 48.2 Å². The number of likely N-dealkylation sites (tertiary alicyclic amines) is 1. The fourth-order valence-electron chi connectivity index (χ4n) is 4.13. The van der Waals surface area contributed by atoms with Gasteiger partial charge in [0.15, 0.2) is 0 Å². The van der Waals surface area contributed by atoms with Crippen LogP contribution >= 0.6 is 0 Å². The van der Waals surface area contributed by atoms with E-state index in [-0.39, 0.29) is 23.7 Å². The summed E-state index contributed by atoms with van der Waals surface area (Å²) in [4.78, 5) is 27.9. The SMILES string of the molecule is Cc1ccc(C(=O)N2C[C@@H](C(=O)NCC3CC3)[C@H](c3ccccc3C)C2)cc1. The average molecular weight is 377 g/mol. The molecule has 1 aliphatic carbocycles. The molecule has 2 aliphatic rings. The topological polar surface area (TPSA) is 49.4 Å². The number of carbonyl (C=O) groups excluding carboxylic acids is 2. The van der Waals surface area contributed by atoms with Gasteiger partial charge in [-0.1, -0.05) is 42.0 Å². The van der Waals surface area contributed by atoms with Crippen molar-refractivity contribution in [2.45, 2.75) is 32.6 Å². The van der Waals surface area contributed by atoms with Gasteiger partial charge in [-0.05, 0) is 55.9 Å². The minimum absolute atomic E-state index is 0.0103. The van der Waals surface area contributed by atoms with Crippen LogP contribution in [0.1, 0.15) is 45.8 Å². The molecule has 0 unspecified atom stereocenters. The average Bonchev–Trinajstić information content (AvgIpc) is 3.43. The van der Waals surface area contributed by atoms with Crippen molar-refractivity contribution in [3.05, 3.63) is 70.8 Å². The minimum atomic E-state index is -0.200. The third-order valence-corrected chi connectivity index (χ3v) is 6.09. The number of hydrogen-bond donors (Lipinski definition) is 1. The fraction of sp³-hybridized carbons (Fsp3) is 0.417. The Morgan fingerprint density at radius 3 is 2.39 bits per heavy atom. The second kappa shape index (κ2) is 7.78. The Morgan fingerprint density at radius 1 is 1.00 bits per heavy atom. The Balaban J connectivity index is 1.56. The third-order valence-electron chi connectivity index (χ3n) is 6.09. The van der Waals surface area contributed by atoms with Gasteiger partial charge in [0.1, 0.15) is 0 Å². The Kier molecular flexibility index (Phi) is 5.21. The fourth-order valence-corrected chi connectivity index (χ4v) is 4.13. The monoisotopic (exact) mass is 376 g/mol. The lowest BCUT2D eigenvalue weighted by atomic mass is 9.86. The van der Waals surface area contributed by atoms with E-state index in [1.165, 1.54) is 24.0 Å². The predicted octanol–water partition coefficient (Wildman–Crippen LogP) is 3.69. The summed E-state index contributed by atoms with van der Waals surface area (Å²) in [6.07, 6.45) is 2.43. The molecule has 1 aliphatic heterocycles. The van der Waals surface area contributed by atoms with Crippen LogP contribution in [0.25, 0.3) is 0 Å². The highest BCUT2D eigenvalue weighted by Gasteiger charge is 2.41. The van der Waals surface area contributed by atoms with E-state index in [4.69, 9.17) is 0 Å². The maximum Gasteiger partial charge on any atom is 0.253 e. The number of hydrogen-bond acceptors (Lipinski definition) is 2. The summed E-state index contributed by atoms with van der Waals surface area (Å²) in [5, 5.41) is 3.14. The van der Waals surface area contributed by atoms with Gasteiger partial charge in [-0.2, -0.15) is 0 Å². The zero-order valence-electron chi connectivity index (χ0n) is 16.7. The van der Waals surface area contributed by atoms with E-state index in [1.54, 1.807) is 0 Å². The number of carbonyl (C=O) groups is 2. The molecule has 1 saturated heterocycles. The van der Waals surface area contributed by atoms with Gasteiger partial charge in [-0.25, -0.2) is 0 Å². The van der Waals surface area contributed by atoms with E-state index >= 15 is 0 Å². The van der Waals surface area contributed by atoms with Gasteiger partial charge in [0.25, 0.3) is 5.91 Å². The Morgan fingerprint density at radius 2 is 1.71 bits per heavy atom. The molecule has 0 aromatic heterocycles. The summed E-state index contributed by atoms with van der Waals surface area (Å²) in [7, 11) is 0. The van der Waals surface area contributed by atoms with Gasteiger partial charge < -0.3 is 10.2 Å². The zero-order valence-corrected chi connectivity index (χ0v) is 16.7. The van der Waals surface area contributed by atoms with Gasteiger partial charge >= 0.3 is 0 Å². The van der Waals surface area contributed by atoms with Gasteiger partial charge in [-0.15, -0.1) is 0 Å². The number of nitrogens with one attached hydrogen (secondary N) is 1. The standard InChI is InChI=1S/C24H28N2O2/c1-16-7-11-19(12-8-16)24(28)26-14-21(20-6-4-3-5-17(20)2)22(15-26)23(27)25-13-18-9-10-18/h3-8,11-12,18,21-22H,9-10,13-15H2,1-2H3,(H,25,27)/t21-,22+/m0/s1. The van der Waals surface area contributed by atoms with Crippen molar-refractivity contribution in [2.75, 3.05) is 19.6 Å². The second-order valence-electron chi connectivity index (χ2n) is 8.33. The summed E-state index contributed by atoms with van der Waals surface area (Å²) in [6, 6.07) is 15.9. The van der Waals surface area contributed by atoms with Crippen LogP contribution in [0.3, 0.4) is 0 Å². The molecule has 4 heteroatoms. The first-order valence-corrected chi connectivity index (χ1v) is 10.2. The molecule has 0 spiro atoms. The molecule has 1 heterocycles. The highest BCUT2D eigenvalue weighted by Crippen LogP contribution is 2.36. The second-order valence-corrected chi connectivity index (χ2v) is 8.33. The van der Waals surface area contributed by atoms with Crippen molar-refractivity contribution in [1.29, 1.82) is 0 Å². The maximum atomic E-state index is 13.1. The van der Waals surface area contributed by atoms with Crippen LogP contribution in [-0.2, 0) is 4.79 Å². The molecule has 2 amide bonds. The number of rotatable bonds is 5. The lowest BCUT2D eigenvalue weighted by molar-refractivity contribution is -0.125. The largest absolute Gasteiger partial charge is 0.356 e. The molecule has 146 valence electrons. The van der Waals surface area contributed by atoms with Crippen molar-refractivity contribution in [3.63, 3.8) is 0 Å². The quantitative estimate of drug-likeness (QED) is 0.865. The first kappa shape index (κ1) is 18.7. The minimum Gasteiger partial charge on any atom is -0.356 e. The molecular weight excluding hydrogens is 348 g/mol. The van der Waals surface area contributed by atoms with Gasteiger partial charge in [0.05, 0.1) is 5.92 Å².